The summed E-state index contributed by atoms with van der Waals surface area (Å²) in [4.78, 5) is 16.6. The summed E-state index contributed by atoms with van der Waals surface area (Å²) < 4.78 is 18.1. The Morgan fingerprint density at radius 2 is 1.94 bits per heavy atom. The summed E-state index contributed by atoms with van der Waals surface area (Å²) in [6.45, 7) is 9.29. The number of esters is 1. The van der Waals surface area contributed by atoms with Gasteiger partial charge in [0.15, 0.2) is 5.82 Å². The van der Waals surface area contributed by atoms with Crippen LogP contribution in [0.25, 0.3) is 16.7 Å². The average molecular weight is 444 g/mol. The van der Waals surface area contributed by atoms with Gasteiger partial charge in [0.25, 0.3) is 0 Å². The van der Waals surface area contributed by atoms with Crippen LogP contribution in [-0.4, -0.2) is 58.0 Å². The molecule has 2 heterocycles. The topological polar surface area (TPSA) is 99.9 Å². The molecule has 0 atom stereocenters. The number of fused-ring (bicyclic) bond motifs is 3. The fourth-order valence-electron chi connectivity index (χ4n) is 3.38. The Labute approximate surface area is 188 Å². The minimum Gasteiger partial charge on any atom is -0.491 e. The molecule has 0 aliphatic heterocycles. The summed E-state index contributed by atoms with van der Waals surface area (Å²) in [6, 6.07) is 5.79. The molecule has 32 heavy (non-hydrogen) atoms. The van der Waals surface area contributed by atoms with Crippen LogP contribution < -0.4 is 10.1 Å². The van der Waals surface area contributed by atoms with Crippen LogP contribution in [0.15, 0.2) is 18.2 Å². The lowest BCUT2D eigenvalue weighted by molar-refractivity contribution is -0.154. The molecule has 0 bridgehead atoms. The zero-order valence-electron chi connectivity index (χ0n) is 19.6. The van der Waals surface area contributed by atoms with E-state index in [1.807, 2.05) is 50.3 Å². The van der Waals surface area contributed by atoms with Crippen LogP contribution in [0, 0.1) is 6.92 Å². The van der Waals surface area contributed by atoms with E-state index in [0.29, 0.717) is 31.1 Å². The number of carbonyl (C=O) groups is 1. The Balaban J connectivity index is 1.63. The highest BCUT2D eigenvalue weighted by atomic mass is 16.6. The fraction of sp³-hybridized carbons (Fsp3) is 0.565. The lowest BCUT2D eigenvalue weighted by Crippen LogP contribution is -2.23. The van der Waals surface area contributed by atoms with Gasteiger partial charge in [0.2, 0.25) is 5.65 Å². The number of rotatable bonds is 11. The monoisotopic (exact) mass is 443 g/mol. The molecule has 0 aliphatic rings. The standard InChI is InChI=1S/C23H33N5O4/c1-16-26-27-22-21(24-12-8-6-7-9-20(29)32-23(2,3)4)25-18-15-17(31-14-13-30-5)10-11-19(18)28(16)22/h10-11,15H,6-9,12-14H2,1-5H3,(H,24,25). The van der Waals surface area contributed by atoms with Gasteiger partial charge in [0.1, 0.15) is 23.8 Å². The maximum atomic E-state index is 11.8. The molecule has 9 nitrogen and oxygen atoms in total. The van der Waals surface area contributed by atoms with E-state index >= 15 is 0 Å². The van der Waals surface area contributed by atoms with E-state index in [1.165, 1.54) is 0 Å². The van der Waals surface area contributed by atoms with E-state index in [4.69, 9.17) is 19.2 Å². The smallest absolute Gasteiger partial charge is 0.306 e. The Kier molecular flexibility index (Phi) is 7.84. The zero-order chi connectivity index (χ0) is 23.1. The molecule has 0 amide bonds. The second kappa shape index (κ2) is 10.6. The number of nitrogens with one attached hydrogen (secondary N) is 1. The van der Waals surface area contributed by atoms with Crippen LogP contribution in [0.1, 0.15) is 52.3 Å². The minimum absolute atomic E-state index is 0.147. The molecular weight excluding hydrogens is 410 g/mol. The summed E-state index contributed by atoms with van der Waals surface area (Å²) in [6.07, 6.45) is 3.05. The molecule has 0 unspecified atom stereocenters. The molecule has 9 heteroatoms. The second-order valence-corrected chi connectivity index (χ2v) is 8.68. The van der Waals surface area contributed by atoms with E-state index in [0.717, 1.165) is 48.4 Å². The number of ether oxygens (including phenoxy) is 3. The maximum Gasteiger partial charge on any atom is 0.306 e. The van der Waals surface area contributed by atoms with Crippen LogP contribution in [-0.2, 0) is 14.3 Å². The van der Waals surface area contributed by atoms with Gasteiger partial charge < -0.3 is 19.5 Å². The molecule has 1 aromatic carbocycles. The highest BCUT2D eigenvalue weighted by Crippen LogP contribution is 2.25. The number of hydrogen-bond donors (Lipinski definition) is 1. The van der Waals surface area contributed by atoms with E-state index < -0.39 is 5.60 Å². The third-order valence-corrected chi connectivity index (χ3v) is 4.78. The van der Waals surface area contributed by atoms with Gasteiger partial charge in [-0.1, -0.05) is 6.42 Å². The number of anilines is 1. The number of methoxy groups -OCH3 is 1. The fourth-order valence-corrected chi connectivity index (χ4v) is 3.38. The Bertz CT molecular complexity index is 1060. The quantitative estimate of drug-likeness (QED) is 0.352. The lowest BCUT2D eigenvalue weighted by atomic mass is 10.1. The van der Waals surface area contributed by atoms with Gasteiger partial charge in [-0.05, 0) is 52.7 Å². The normalized spacial score (nSPS) is 11.8. The van der Waals surface area contributed by atoms with Gasteiger partial charge in [-0.25, -0.2) is 4.98 Å². The number of benzene rings is 1. The molecule has 0 spiro atoms. The van der Waals surface area contributed by atoms with Crippen molar-refractivity contribution in [3.63, 3.8) is 0 Å². The molecule has 174 valence electrons. The van der Waals surface area contributed by atoms with E-state index in [9.17, 15) is 4.79 Å². The first kappa shape index (κ1) is 23.7. The number of hydrogen-bond acceptors (Lipinski definition) is 8. The van der Waals surface area contributed by atoms with Crippen molar-refractivity contribution in [3.05, 3.63) is 24.0 Å². The van der Waals surface area contributed by atoms with Gasteiger partial charge in [-0.15, -0.1) is 10.2 Å². The van der Waals surface area contributed by atoms with Crippen molar-refractivity contribution in [2.75, 3.05) is 32.2 Å². The molecule has 2 aromatic heterocycles. The Morgan fingerprint density at radius 3 is 2.69 bits per heavy atom. The van der Waals surface area contributed by atoms with Crippen molar-refractivity contribution >= 4 is 28.5 Å². The number of aryl methyl sites for hydroxylation is 1. The van der Waals surface area contributed by atoms with Crippen molar-refractivity contribution in [2.24, 2.45) is 0 Å². The third kappa shape index (κ3) is 6.29. The summed E-state index contributed by atoms with van der Waals surface area (Å²) in [5, 5.41) is 11.9. The zero-order valence-corrected chi connectivity index (χ0v) is 19.6. The van der Waals surface area contributed by atoms with Crippen molar-refractivity contribution in [2.45, 2.75) is 59.0 Å². The van der Waals surface area contributed by atoms with Crippen LogP contribution in [0.5, 0.6) is 5.75 Å². The van der Waals surface area contributed by atoms with E-state index in [2.05, 4.69) is 15.5 Å². The number of carbonyl (C=O) groups excluding carboxylic acids is 1. The maximum absolute atomic E-state index is 11.8. The molecular formula is C23H33N5O4. The van der Waals surface area contributed by atoms with E-state index in [1.54, 1.807) is 7.11 Å². The molecule has 3 aromatic rings. The highest BCUT2D eigenvalue weighted by Gasteiger charge is 2.16. The number of aromatic nitrogens is 4. The number of nitrogens with zero attached hydrogens (tertiary/aromatic N) is 4. The van der Waals surface area contributed by atoms with Crippen molar-refractivity contribution in [1.29, 1.82) is 0 Å². The highest BCUT2D eigenvalue weighted by molar-refractivity contribution is 5.84. The molecule has 0 radical (unpaired) electrons. The average Bonchev–Trinajstić information content (AvgIpc) is 3.11. The van der Waals surface area contributed by atoms with Crippen LogP contribution in [0.2, 0.25) is 0 Å². The molecule has 1 N–H and O–H groups in total. The Hall–Kier alpha value is -2.94. The Morgan fingerprint density at radius 1 is 1.12 bits per heavy atom. The molecule has 0 saturated heterocycles. The molecule has 0 fully saturated rings. The van der Waals surface area contributed by atoms with Crippen LogP contribution >= 0.6 is 0 Å². The SMILES string of the molecule is COCCOc1ccc2c(c1)nc(NCCCCCC(=O)OC(C)(C)C)c1nnc(C)n12. The van der Waals surface area contributed by atoms with Crippen molar-refractivity contribution in [3.8, 4) is 5.75 Å². The van der Waals surface area contributed by atoms with Crippen LogP contribution in [0.4, 0.5) is 5.82 Å². The lowest BCUT2D eigenvalue weighted by Gasteiger charge is -2.19. The van der Waals surface area contributed by atoms with E-state index in [-0.39, 0.29) is 5.97 Å². The first-order chi connectivity index (χ1) is 15.3. The molecule has 3 rings (SSSR count). The van der Waals surface area contributed by atoms with Gasteiger partial charge in [0.05, 0.1) is 17.6 Å². The summed E-state index contributed by atoms with van der Waals surface area (Å²) in [7, 11) is 1.65. The minimum atomic E-state index is -0.434. The van der Waals surface area contributed by atoms with Crippen LogP contribution in [0.3, 0.4) is 0 Å². The third-order valence-electron chi connectivity index (χ3n) is 4.78. The predicted molar refractivity (Wildman–Crippen MR) is 123 cm³/mol. The first-order valence-electron chi connectivity index (χ1n) is 11.0. The second-order valence-electron chi connectivity index (χ2n) is 8.68. The van der Waals surface area contributed by atoms with Gasteiger partial charge in [-0.3, -0.25) is 9.20 Å². The number of unbranched alkanes of at least 4 members (excludes halogenated alkanes) is 2. The molecule has 0 saturated carbocycles. The van der Waals surface area contributed by atoms with Gasteiger partial charge in [-0.2, -0.15) is 0 Å². The first-order valence-corrected chi connectivity index (χ1v) is 11.0. The molecule has 0 aliphatic carbocycles. The summed E-state index contributed by atoms with van der Waals surface area (Å²) in [5.74, 6) is 2.06. The van der Waals surface area contributed by atoms with Crippen molar-refractivity contribution in [1.82, 2.24) is 19.6 Å². The van der Waals surface area contributed by atoms with Gasteiger partial charge >= 0.3 is 5.97 Å². The van der Waals surface area contributed by atoms with Gasteiger partial charge in [0, 0.05) is 26.1 Å². The van der Waals surface area contributed by atoms with Crippen molar-refractivity contribution < 1.29 is 19.0 Å². The summed E-state index contributed by atoms with van der Waals surface area (Å²) in [5.41, 5.74) is 1.97. The predicted octanol–water partition coefficient (Wildman–Crippen LogP) is 3.93. The summed E-state index contributed by atoms with van der Waals surface area (Å²) >= 11 is 0. The largest absolute Gasteiger partial charge is 0.491 e.